The van der Waals surface area contributed by atoms with Gasteiger partial charge in [0.05, 0.1) is 0 Å². The molecule has 0 saturated carbocycles. The van der Waals surface area contributed by atoms with E-state index in [1.807, 2.05) is 39.2 Å². The second-order valence-corrected chi connectivity index (χ2v) is 8.62. The largest absolute Gasteiger partial charge is 0.378 e. The molecule has 2 aromatic carbocycles. The summed E-state index contributed by atoms with van der Waals surface area (Å²) in [6, 6.07) is 21.0. The second-order valence-electron chi connectivity index (χ2n) is 8.62. The zero-order chi connectivity index (χ0) is 22.5. The van der Waals surface area contributed by atoms with Gasteiger partial charge >= 0.3 is 0 Å². The second kappa shape index (κ2) is 9.87. The summed E-state index contributed by atoms with van der Waals surface area (Å²) >= 11 is 0. The third kappa shape index (κ3) is 5.48. The third-order valence-electron chi connectivity index (χ3n) is 5.70. The minimum Gasteiger partial charge on any atom is -0.378 e. The Kier molecular flexibility index (Phi) is 6.75. The summed E-state index contributed by atoms with van der Waals surface area (Å²) in [5, 5.41) is 3.47. The lowest BCUT2D eigenvalue weighted by molar-refractivity contribution is 0.249. The average molecular weight is 432 g/mol. The number of aromatic nitrogens is 2. The van der Waals surface area contributed by atoms with Crippen LogP contribution in [0, 0.1) is 0 Å². The first-order valence-corrected chi connectivity index (χ1v) is 11.1. The van der Waals surface area contributed by atoms with Crippen molar-refractivity contribution in [2.75, 3.05) is 74.4 Å². The zero-order valence-electron chi connectivity index (χ0n) is 19.5. The molecule has 4 rings (SSSR count). The molecule has 0 radical (unpaired) electrons. The lowest BCUT2D eigenvalue weighted by Crippen LogP contribution is -2.46. The first kappa shape index (κ1) is 21.9. The summed E-state index contributed by atoms with van der Waals surface area (Å²) in [5.74, 6) is 2.48. The normalized spacial score (nSPS) is 14.3. The summed E-state index contributed by atoms with van der Waals surface area (Å²) < 4.78 is 0. The van der Waals surface area contributed by atoms with Crippen LogP contribution in [-0.2, 0) is 6.54 Å². The van der Waals surface area contributed by atoms with Crippen molar-refractivity contribution in [1.82, 2.24) is 14.9 Å². The molecule has 168 valence electrons. The van der Waals surface area contributed by atoms with Crippen LogP contribution in [0.5, 0.6) is 0 Å². The third-order valence-corrected chi connectivity index (χ3v) is 5.70. The summed E-state index contributed by atoms with van der Waals surface area (Å²) in [5.41, 5.74) is 3.52. The molecule has 1 aliphatic rings. The summed E-state index contributed by atoms with van der Waals surface area (Å²) in [6.45, 7) is 4.82. The molecule has 0 bridgehead atoms. The smallest absolute Gasteiger partial charge is 0.229 e. The highest BCUT2D eigenvalue weighted by molar-refractivity contribution is 5.65. The van der Waals surface area contributed by atoms with Gasteiger partial charge in [0.2, 0.25) is 5.95 Å². The van der Waals surface area contributed by atoms with Crippen molar-refractivity contribution in [3.8, 4) is 0 Å². The van der Waals surface area contributed by atoms with Crippen LogP contribution in [0.1, 0.15) is 5.56 Å². The predicted molar refractivity (Wildman–Crippen MR) is 134 cm³/mol. The number of hydrogen-bond donors (Lipinski definition) is 1. The van der Waals surface area contributed by atoms with Crippen LogP contribution in [-0.4, -0.2) is 69.2 Å². The molecule has 0 unspecified atom stereocenters. The molecule has 1 aromatic heterocycles. The van der Waals surface area contributed by atoms with Crippen LogP contribution >= 0.6 is 0 Å². The van der Waals surface area contributed by atoms with Crippen molar-refractivity contribution in [1.29, 1.82) is 0 Å². The molecular formula is C25H33N7. The highest BCUT2D eigenvalue weighted by Gasteiger charge is 2.20. The molecule has 32 heavy (non-hydrogen) atoms. The zero-order valence-corrected chi connectivity index (χ0v) is 19.5. The Morgan fingerprint density at radius 2 is 1.56 bits per heavy atom. The van der Waals surface area contributed by atoms with Crippen LogP contribution in [0.2, 0.25) is 0 Å². The standard InChI is InChI=1S/C25H33N7/c1-29(2)22-12-8-11-21(17-22)26-23-18-24(30(3)4)28-25(27-23)32-15-13-31(14-16-32)19-20-9-6-5-7-10-20/h5-12,17-18H,13-16,19H2,1-4H3,(H,26,27,28). The Labute approximate surface area is 191 Å². The van der Waals surface area contributed by atoms with Crippen LogP contribution < -0.4 is 20.0 Å². The lowest BCUT2D eigenvalue weighted by atomic mass is 10.2. The fourth-order valence-corrected chi connectivity index (χ4v) is 3.81. The molecule has 1 N–H and O–H groups in total. The minimum atomic E-state index is 0.779. The van der Waals surface area contributed by atoms with Gasteiger partial charge in [-0.05, 0) is 23.8 Å². The fourth-order valence-electron chi connectivity index (χ4n) is 3.81. The van der Waals surface area contributed by atoms with Crippen molar-refractivity contribution in [2.45, 2.75) is 6.54 Å². The minimum absolute atomic E-state index is 0.779. The summed E-state index contributed by atoms with van der Waals surface area (Å²) in [4.78, 5) is 18.6. The van der Waals surface area contributed by atoms with E-state index >= 15 is 0 Å². The Morgan fingerprint density at radius 3 is 2.25 bits per heavy atom. The van der Waals surface area contributed by atoms with Crippen molar-refractivity contribution in [3.05, 3.63) is 66.2 Å². The molecular weight excluding hydrogens is 398 g/mol. The molecule has 1 fully saturated rings. The number of nitrogens with one attached hydrogen (secondary N) is 1. The van der Waals surface area contributed by atoms with Crippen LogP contribution in [0.3, 0.4) is 0 Å². The number of hydrogen-bond acceptors (Lipinski definition) is 7. The van der Waals surface area contributed by atoms with E-state index in [0.717, 1.165) is 61.7 Å². The van der Waals surface area contributed by atoms with Gasteiger partial charge in [-0.2, -0.15) is 9.97 Å². The number of benzene rings is 2. The molecule has 0 atom stereocenters. The van der Waals surface area contributed by atoms with E-state index in [1.54, 1.807) is 0 Å². The summed E-state index contributed by atoms with van der Waals surface area (Å²) in [6.07, 6.45) is 0. The van der Waals surface area contributed by atoms with Gasteiger partial charge in [0.25, 0.3) is 0 Å². The number of nitrogens with zero attached hydrogens (tertiary/aromatic N) is 6. The maximum Gasteiger partial charge on any atom is 0.229 e. The monoisotopic (exact) mass is 431 g/mol. The quantitative estimate of drug-likeness (QED) is 0.612. The lowest BCUT2D eigenvalue weighted by Gasteiger charge is -2.35. The van der Waals surface area contributed by atoms with E-state index in [4.69, 9.17) is 9.97 Å². The van der Waals surface area contributed by atoms with E-state index in [1.165, 1.54) is 5.56 Å². The van der Waals surface area contributed by atoms with Gasteiger partial charge in [0.15, 0.2) is 0 Å². The fraction of sp³-hybridized carbons (Fsp3) is 0.360. The van der Waals surface area contributed by atoms with Gasteiger partial charge in [-0.3, -0.25) is 4.90 Å². The maximum absolute atomic E-state index is 4.86. The van der Waals surface area contributed by atoms with Crippen molar-refractivity contribution >= 4 is 29.0 Å². The van der Waals surface area contributed by atoms with Gasteiger partial charge in [-0.15, -0.1) is 0 Å². The Bertz CT molecular complexity index is 1010. The first-order chi connectivity index (χ1) is 15.5. The summed E-state index contributed by atoms with van der Waals surface area (Å²) in [7, 11) is 8.12. The Balaban J connectivity index is 1.48. The van der Waals surface area contributed by atoms with Crippen LogP contribution in [0.25, 0.3) is 0 Å². The topological polar surface area (TPSA) is 50.8 Å². The molecule has 2 heterocycles. The van der Waals surface area contributed by atoms with Gasteiger partial charge in [0, 0.05) is 78.4 Å². The average Bonchev–Trinajstić information content (AvgIpc) is 2.80. The Hall–Kier alpha value is -3.32. The molecule has 0 spiro atoms. The van der Waals surface area contributed by atoms with Crippen molar-refractivity contribution < 1.29 is 0 Å². The van der Waals surface area contributed by atoms with Crippen molar-refractivity contribution in [2.24, 2.45) is 0 Å². The molecule has 7 nitrogen and oxygen atoms in total. The number of anilines is 5. The van der Waals surface area contributed by atoms with E-state index in [2.05, 4.69) is 74.6 Å². The molecule has 3 aromatic rings. The molecule has 1 saturated heterocycles. The van der Waals surface area contributed by atoms with Gasteiger partial charge in [-0.25, -0.2) is 0 Å². The maximum atomic E-state index is 4.86. The predicted octanol–water partition coefficient (Wildman–Crippen LogP) is 3.67. The van der Waals surface area contributed by atoms with Gasteiger partial charge in [-0.1, -0.05) is 36.4 Å². The van der Waals surface area contributed by atoms with E-state index < -0.39 is 0 Å². The highest BCUT2D eigenvalue weighted by Crippen LogP contribution is 2.25. The van der Waals surface area contributed by atoms with E-state index in [-0.39, 0.29) is 0 Å². The van der Waals surface area contributed by atoms with Crippen LogP contribution in [0.4, 0.5) is 29.0 Å². The number of rotatable bonds is 7. The molecule has 7 heteroatoms. The van der Waals surface area contributed by atoms with Crippen LogP contribution in [0.15, 0.2) is 60.7 Å². The SMILES string of the molecule is CN(C)c1cccc(Nc2cc(N(C)C)nc(N3CCN(Cc4ccccc4)CC3)n2)c1. The first-order valence-electron chi connectivity index (χ1n) is 11.1. The van der Waals surface area contributed by atoms with Gasteiger partial charge < -0.3 is 20.0 Å². The highest BCUT2D eigenvalue weighted by atomic mass is 15.3. The molecule has 1 aliphatic heterocycles. The van der Waals surface area contributed by atoms with E-state index in [0.29, 0.717) is 0 Å². The Morgan fingerprint density at radius 1 is 0.812 bits per heavy atom. The van der Waals surface area contributed by atoms with Gasteiger partial charge in [0.1, 0.15) is 11.6 Å². The van der Waals surface area contributed by atoms with E-state index in [9.17, 15) is 0 Å². The molecule has 0 aliphatic carbocycles. The molecule has 0 amide bonds. The van der Waals surface area contributed by atoms with Crippen molar-refractivity contribution in [3.63, 3.8) is 0 Å². The number of piperazine rings is 1.